The predicted molar refractivity (Wildman–Crippen MR) is 231 cm³/mol. The van der Waals surface area contributed by atoms with Crippen molar-refractivity contribution in [3.05, 3.63) is 205 Å². The topological polar surface area (TPSA) is 74.8 Å². The van der Waals surface area contributed by atoms with Crippen LogP contribution in [0.5, 0.6) is 0 Å². The number of aliphatic imine (C=N–C) groups is 2. The van der Waals surface area contributed by atoms with Gasteiger partial charge in [0.05, 0.1) is 0 Å². The number of nitrogens with zero attached hydrogens (tertiary/aromatic N) is 2. The number of rotatable bonds is 6. The summed E-state index contributed by atoms with van der Waals surface area (Å²) in [4.78, 5) is 9.78. The molecule has 5 nitrogen and oxygen atoms in total. The zero-order valence-corrected chi connectivity index (χ0v) is 30.2. The lowest BCUT2D eigenvalue weighted by molar-refractivity contribution is 0.668. The van der Waals surface area contributed by atoms with Gasteiger partial charge < -0.3 is 8.83 Å². The molecular formula is C51H33N3O2. The molecule has 0 atom stereocenters. The number of hydrogen-bond acceptors (Lipinski definition) is 3. The second-order valence-corrected chi connectivity index (χ2v) is 13.7. The second kappa shape index (κ2) is 14.0. The van der Waals surface area contributed by atoms with Crippen LogP contribution in [-0.4, -0.2) is 17.9 Å². The Bertz CT molecular complexity index is 3120. The molecule has 8 aromatic carbocycles. The van der Waals surface area contributed by atoms with Crippen LogP contribution in [0, 0.1) is 5.41 Å². The first kappa shape index (κ1) is 33.0. The van der Waals surface area contributed by atoms with Crippen LogP contribution in [0.15, 0.2) is 207 Å². The van der Waals surface area contributed by atoms with E-state index in [1.165, 1.54) is 0 Å². The summed E-state index contributed by atoms with van der Waals surface area (Å²) in [6.07, 6.45) is 1.86. The molecule has 0 aliphatic rings. The van der Waals surface area contributed by atoms with Crippen LogP contribution in [0.1, 0.15) is 16.7 Å². The Balaban J connectivity index is 1.23. The van der Waals surface area contributed by atoms with E-state index in [0.717, 1.165) is 88.4 Å². The average Bonchev–Trinajstić information content (AvgIpc) is 3.85. The zero-order chi connectivity index (χ0) is 37.4. The van der Waals surface area contributed by atoms with E-state index in [1.54, 1.807) is 0 Å². The third-order valence-corrected chi connectivity index (χ3v) is 10.3. The highest BCUT2D eigenvalue weighted by molar-refractivity contribution is 6.22. The van der Waals surface area contributed by atoms with Gasteiger partial charge >= 0.3 is 0 Å². The summed E-state index contributed by atoms with van der Waals surface area (Å²) >= 11 is 0. The van der Waals surface area contributed by atoms with Crippen LogP contribution in [0.25, 0.3) is 77.3 Å². The third-order valence-electron chi connectivity index (χ3n) is 10.3. The summed E-state index contributed by atoms with van der Waals surface area (Å²) in [6, 6.07) is 63.4. The predicted octanol–water partition coefficient (Wildman–Crippen LogP) is 13.4. The van der Waals surface area contributed by atoms with Gasteiger partial charge in [-0.2, -0.15) is 0 Å². The second-order valence-electron chi connectivity index (χ2n) is 13.7. The molecule has 0 aliphatic heterocycles. The molecule has 0 saturated carbocycles. The Hall–Kier alpha value is -7.63. The zero-order valence-electron chi connectivity index (χ0n) is 30.2. The van der Waals surface area contributed by atoms with Gasteiger partial charge in [-0.3, -0.25) is 5.41 Å². The van der Waals surface area contributed by atoms with E-state index in [2.05, 4.69) is 91.0 Å². The number of benzene rings is 8. The summed E-state index contributed by atoms with van der Waals surface area (Å²) in [5.74, 6) is 0.578. The molecular weight excluding hydrogens is 687 g/mol. The maximum atomic E-state index is 8.85. The molecule has 0 saturated heterocycles. The average molecular weight is 720 g/mol. The highest BCUT2D eigenvalue weighted by Crippen LogP contribution is 2.44. The minimum atomic E-state index is 0.137. The molecule has 0 bridgehead atoms. The number of para-hydroxylation sites is 1. The van der Waals surface area contributed by atoms with Crippen molar-refractivity contribution in [2.24, 2.45) is 9.98 Å². The van der Waals surface area contributed by atoms with Crippen molar-refractivity contribution >= 4 is 61.8 Å². The van der Waals surface area contributed by atoms with E-state index >= 15 is 0 Å². The van der Waals surface area contributed by atoms with E-state index in [1.807, 2.05) is 103 Å². The highest BCUT2D eigenvalue weighted by atomic mass is 16.3. The fourth-order valence-corrected chi connectivity index (χ4v) is 7.52. The van der Waals surface area contributed by atoms with Crippen LogP contribution in [-0.2, 0) is 0 Å². The van der Waals surface area contributed by atoms with Crippen LogP contribution < -0.4 is 0 Å². The van der Waals surface area contributed by atoms with E-state index in [0.29, 0.717) is 11.4 Å². The molecule has 10 aromatic rings. The first-order valence-corrected chi connectivity index (χ1v) is 18.6. The van der Waals surface area contributed by atoms with Gasteiger partial charge in [0.15, 0.2) is 11.7 Å². The molecule has 2 heterocycles. The standard InChI is InChI=1S/C51H33N3O2/c52-50(35-19-9-3-10-20-35)54-51(36-21-11-4-12-22-36)53-32-38-25-27-40(37-26-28-46-43(29-37)41-23-13-14-24-45(41)55-46)49-47(38)44-31-39(33-15-5-1-6-16-33)30-42(48(44)56-49)34-17-7-2-8-18-34/h1-32,52H. The van der Waals surface area contributed by atoms with Gasteiger partial charge in [0.25, 0.3) is 0 Å². The first-order chi connectivity index (χ1) is 27.7. The number of furan rings is 2. The van der Waals surface area contributed by atoms with Gasteiger partial charge in [0, 0.05) is 55.6 Å². The maximum Gasteiger partial charge on any atom is 0.161 e. The fourth-order valence-electron chi connectivity index (χ4n) is 7.52. The third kappa shape index (κ3) is 5.98. The van der Waals surface area contributed by atoms with E-state index in [9.17, 15) is 0 Å². The molecule has 0 radical (unpaired) electrons. The Morgan fingerprint density at radius 1 is 0.446 bits per heavy atom. The quantitative estimate of drug-likeness (QED) is 0.137. The van der Waals surface area contributed by atoms with Crippen LogP contribution >= 0.6 is 0 Å². The molecule has 0 spiro atoms. The number of amidine groups is 2. The Labute approximate surface area is 323 Å². The molecule has 5 heteroatoms. The smallest absolute Gasteiger partial charge is 0.161 e. The fraction of sp³-hybridized carbons (Fsp3) is 0. The SMILES string of the molecule is N=C(N=C(N=Cc1ccc(-c2ccc3oc4ccccc4c3c2)c2oc3c(-c4ccccc4)cc(-c4ccccc4)cc3c12)c1ccccc1)c1ccccc1. The van der Waals surface area contributed by atoms with Crippen molar-refractivity contribution in [2.75, 3.05) is 0 Å². The Morgan fingerprint density at radius 3 is 1.82 bits per heavy atom. The lowest BCUT2D eigenvalue weighted by atomic mass is 9.93. The van der Waals surface area contributed by atoms with Crippen LogP contribution in [0.3, 0.4) is 0 Å². The van der Waals surface area contributed by atoms with Crippen molar-refractivity contribution in [2.45, 2.75) is 0 Å². The molecule has 2 aromatic heterocycles. The normalized spacial score (nSPS) is 12.0. The van der Waals surface area contributed by atoms with Crippen molar-refractivity contribution in [3.8, 4) is 33.4 Å². The van der Waals surface area contributed by atoms with Gasteiger partial charge in [-0.15, -0.1) is 0 Å². The van der Waals surface area contributed by atoms with Crippen LogP contribution in [0.2, 0.25) is 0 Å². The molecule has 10 rings (SSSR count). The van der Waals surface area contributed by atoms with Crippen molar-refractivity contribution in [3.63, 3.8) is 0 Å². The summed E-state index contributed by atoms with van der Waals surface area (Å²) < 4.78 is 13.3. The largest absolute Gasteiger partial charge is 0.456 e. The van der Waals surface area contributed by atoms with Gasteiger partial charge in [0.1, 0.15) is 22.3 Å². The summed E-state index contributed by atoms with van der Waals surface area (Å²) in [5, 5.41) is 12.9. The minimum Gasteiger partial charge on any atom is -0.456 e. The lowest BCUT2D eigenvalue weighted by Crippen LogP contribution is -2.04. The van der Waals surface area contributed by atoms with Crippen LogP contribution in [0.4, 0.5) is 0 Å². The summed E-state index contributed by atoms with van der Waals surface area (Å²) in [7, 11) is 0. The van der Waals surface area contributed by atoms with E-state index in [4.69, 9.17) is 24.2 Å². The first-order valence-electron chi connectivity index (χ1n) is 18.6. The number of nitrogens with one attached hydrogen (secondary N) is 1. The maximum absolute atomic E-state index is 8.85. The van der Waals surface area contributed by atoms with E-state index < -0.39 is 0 Å². The summed E-state index contributed by atoms with van der Waals surface area (Å²) in [6.45, 7) is 0. The Kier molecular flexibility index (Phi) is 8.23. The summed E-state index contributed by atoms with van der Waals surface area (Å²) in [5.41, 5.74) is 11.9. The monoisotopic (exact) mass is 719 g/mol. The highest BCUT2D eigenvalue weighted by Gasteiger charge is 2.21. The van der Waals surface area contributed by atoms with E-state index in [-0.39, 0.29) is 5.84 Å². The molecule has 0 amide bonds. The molecule has 56 heavy (non-hydrogen) atoms. The molecule has 0 aliphatic carbocycles. The molecule has 0 unspecified atom stereocenters. The van der Waals surface area contributed by atoms with Gasteiger partial charge in [-0.25, -0.2) is 9.98 Å². The number of fused-ring (bicyclic) bond motifs is 6. The lowest BCUT2D eigenvalue weighted by Gasteiger charge is -2.08. The van der Waals surface area contributed by atoms with Gasteiger partial charge in [-0.1, -0.05) is 152 Å². The molecule has 1 N–H and O–H groups in total. The minimum absolute atomic E-state index is 0.137. The van der Waals surface area contributed by atoms with Gasteiger partial charge in [-0.05, 0) is 58.7 Å². The van der Waals surface area contributed by atoms with Crippen molar-refractivity contribution in [1.29, 1.82) is 5.41 Å². The van der Waals surface area contributed by atoms with Crippen molar-refractivity contribution < 1.29 is 8.83 Å². The van der Waals surface area contributed by atoms with Gasteiger partial charge in [0.2, 0.25) is 0 Å². The Morgan fingerprint density at radius 2 is 1.07 bits per heavy atom. The number of hydrogen-bond donors (Lipinski definition) is 1. The molecule has 264 valence electrons. The van der Waals surface area contributed by atoms with Crippen molar-refractivity contribution in [1.82, 2.24) is 0 Å². The molecule has 0 fully saturated rings.